The third-order valence-corrected chi connectivity index (χ3v) is 2.68. The summed E-state index contributed by atoms with van der Waals surface area (Å²) in [6.07, 6.45) is 0. The lowest BCUT2D eigenvalue weighted by atomic mass is 10.2. The van der Waals surface area contributed by atoms with Crippen molar-refractivity contribution in [1.29, 1.82) is 0 Å². The van der Waals surface area contributed by atoms with E-state index in [0.29, 0.717) is 17.5 Å². The first-order chi connectivity index (χ1) is 9.51. The Bertz CT molecular complexity index is 660. The number of nitrogen functional groups attached to an aromatic ring is 1. The van der Waals surface area contributed by atoms with Gasteiger partial charge in [0.05, 0.1) is 24.0 Å². The SMILES string of the molecule is COc1ccc(N)c(NC(=O)c2ccc(F)cc2F)c1. The van der Waals surface area contributed by atoms with Crippen LogP contribution in [0.5, 0.6) is 5.75 Å². The topological polar surface area (TPSA) is 64.3 Å². The Hall–Kier alpha value is -2.63. The van der Waals surface area contributed by atoms with Crippen molar-refractivity contribution in [2.24, 2.45) is 0 Å². The fourth-order valence-electron chi connectivity index (χ4n) is 1.63. The van der Waals surface area contributed by atoms with Crippen LogP contribution in [0, 0.1) is 11.6 Å². The summed E-state index contributed by atoms with van der Waals surface area (Å²) in [6, 6.07) is 7.40. The Balaban J connectivity index is 2.27. The normalized spacial score (nSPS) is 10.2. The molecule has 0 saturated heterocycles. The molecule has 3 N–H and O–H groups in total. The van der Waals surface area contributed by atoms with E-state index in [0.717, 1.165) is 12.1 Å². The number of halogens is 2. The fourth-order valence-corrected chi connectivity index (χ4v) is 1.63. The molecule has 2 rings (SSSR count). The number of nitrogens with one attached hydrogen (secondary N) is 1. The van der Waals surface area contributed by atoms with E-state index in [9.17, 15) is 13.6 Å². The van der Waals surface area contributed by atoms with Gasteiger partial charge in [-0.3, -0.25) is 4.79 Å². The van der Waals surface area contributed by atoms with Crippen molar-refractivity contribution >= 4 is 17.3 Å². The van der Waals surface area contributed by atoms with Crippen molar-refractivity contribution in [2.75, 3.05) is 18.2 Å². The summed E-state index contributed by atoms with van der Waals surface area (Å²) >= 11 is 0. The summed E-state index contributed by atoms with van der Waals surface area (Å²) in [5, 5.41) is 2.46. The van der Waals surface area contributed by atoms with Gasteiger partial charge in [-0.2, -0.15) is 0 Å². The monoisotopic (exact) mass is 278 g/mol. The molecule has 0 aliphatic rings. The molecule has 0 bridgehead atoms. The molecule has 0 saturated carbocycles. The summed E-state index contributed by atoms with van der Waals surface area (Å²) in [4.78, 5) is 11.9. The van der Waals surface area contributed by atoms with Gasteiger partial charge in [-0.05, 0) is 24.3 Å². The average molecular weight is 278 g/mol. The van der Waals surface area contributed by atoms with Crippen LogP contribution in [-0.4, -0.2) is 13.0 Å². The van der Waals surface area contributed by atoms with E-state index in [-0.39, 0.29) is 11.3 Å². The first-order valence-corrected chi connectivity index (χ1v) is 5.71. The van der Waals surface area contributed by atoms with Gasteiger partial charge >= 0.3 is 0 Å². The van der Waals surface area contributed by atoms with E-state index in [2.05, 4.69) is 5.32 Å². The van der Waals surface area contributed by atoms with Gasteiger partial charge in [-0.1, -0.05) is 0 Å². The van der Waals surface area contributed by atoms with E-state index in [4.69, 9.17) is 10.5 Å². The highest BCUT2D eigenvalue weighted by Gasteiger charge is 2.14. The number of anilines is 2. The number of hydrogen-bond donors (Lipinski definition) is 2. The molecule has 0 fully saturated rings. The van der Waals surface area contributed by atoms with Crippen LogP contribution < -0.4 is 15.8 Å². The molecule has 6 heteroatoms. The highest BCUT2D eigenvalue weighted by atomic mass is 19.1. The minimum absolute atomic E-state index is 0.270. The Morgan fingerprint density at radius 2 is 1.95 bits per heavy atom. The van der Waals surface area contributed by atoms with Crippen molar-refractivity contribution < 1.29 is 18.3 Å². The zero-order valence-corrected chi connectivity index (χ0v) is 10.6. The van der Waals surface area contributed by atoms with Crippen LogP contribution in [0.25, 0.3) is 0 Å². The highest BCUT2D eigenvalue weighted by Crippen LogP contribution is 2.25. The Morgan fingerprint density at radius 3 is 2.60 bits per heavy atom. The minimum atomic E-state index is -0.941. The van der Waals surface area contributed by atoms with E-state index in [1.165, 1.54) is 13.2 Å². The molecule has 0 aliphatic carbocycles. The number of nitrogens with two attached hydrogens (primary N) is 1. The van der Waals surface area contributed by atoms with E-state index >= 15 is 0 Å². The number of rotatable bonds is 3. The van der Waals surface area contributed by atoms with Gasteiger partial charge in [-0.25, -0.2) is 8.78 Å². The van der Waals surface area contributed by atoms with Crippen molar-refractivity contribution in [3.8, 4) is 5.75 Å². The van der Waals surface area contributed by atoms with Gasteiger partial charge < -0.3 is 15.8 Å². The van der Waals surface area contributed by atoms with Crippen LogP contribution in [0.3, 0.4) is 0 Å². The molecule has 0 heterocycles. The molecule has 0 aliphatic heterocycles. The maximum Gasteiger partial charge on any atom is 0.258 e. The van der Waals surface area contributed by atoms with Gasteiger partial charge in [0, 0.05) is 12.1 Å². The second-order valence-electron chi connectivity index (χ2n) is 4.03. The number of carbonyl (C=O) groups excluding carboxylic acids is 1. The maximum atomic E-state index is 13.5. The average Bonchev–Trinajstić information content (AvgIpc) is 2.41. The van der Waals surface area contributed by atoms with Crippen LogP contribution in [0.15, 0.2) is 36.4 Å². The zero-order valence-electron chi connectivity index (χ0n) is 10.6. The lowest BCUT2D eigenvalue weighted by Crippen LogP contribution is -2.15. The van der Waals surface area contributed by atoms with Crippen LogP contribution in [-0.2, 0) is 0 Å². The maximum absolute atomic E-state index is 13.5. The summed E-state index contributed by atoms with van der Waals surface area (Å²) in [5.74, 6) is -1.92. The largest absolute Gasteiger partial charge is 0.497 e. The number of carbonyl (C=O) groups is 1. The van der Waals surface area contributed by atoms with Gasteiger partial charge in [0.15, 0.2) is 0 Å². The van der Waals surface area contributed by atoms with Crippen molar-refractivity contribution in [2.45, 2.75) is 0 Å². The second kappa shape index (κ2) is 5.56. The van der Waals surface area contributed by atoms with Crippen LogP contribution in [0.2, 0.25) is 0 Å². The third kappa shape index (κ3) is 2.85. The minimum Gasteiger partial charge on any atom is -0.497 e. The molecule has 0 spiro atoms. The molecule has 2 aromatic carbocycles. The van der Waals surface area contributed by atoms with Gasteiger partial charge in [0.2, 0.25) is 0 Å². The predicted octanol–water partition coefficient (Wildman–Crippen LogP) is 2.81. The summed E-state index contributed by atoms with van der Waals surface area (Å²) in [7, 11) is 1.47. The van der Waals surface area contributed by atoms with Gasteiger partial charge in [0.1, 0.15) is 17.4 Å². The highest BCUT2D eigenvalue weighted by molar-refractivity contribution is 6.06. The van der Waals surface area contributed by atoms with Gasteiger partial charge in [-0.15, -0.1) is 0 Å². The van der Waals surface area contributed by atoms with Crippen LogP contribution in [0.1, 0.15) is 10.4 Å². The van der Waals surface area contributed by atoms with Crippen molar-refractivity contribution in [3.05, 3.63) is 53.6 Å². The Morgan fingerprint density at radius 1 is 1.20 bits per heavy atom. The van der Waals surface area contributed by atoms with Crippen LogP contribution in [0.4, 0.5) is 20.2 Å². The molecule has 20 heavy (non-hydrogen) atoms. The number of benzene rings is 2. The lowest BCUT2D eigenvalue weighted by molar-refractivity contribution is 0.102. The molecule has 4 nitrogen and oxygen atoms in total. The summed E-state index contributed by atoms with van der Waals surface area (Å²) in [6.45, 7) is 0. The molecule has 0 atom stereocenters. The van der Waals surface area contributed by atoms with Crippen LogP contribution >= 0.6 is 0 Å². The summed E-state index contributed by atoms with van der Waals surface area (Å²) in [5.41, 5.74) is 6.04. The molecule has 2 aromatic rings. The molecule has 0 unspecified atom stereocenters. The molecular weight excluding hydrogens is 266 g/mol. The van der Waals surface area contributed by atoms with E-state index in [1.54, 1.807) is 12.1 Å². The number of amides is 1. The van der Waals surface area contributed by atoms with E-state index < -0.39 is 17.5 Å². The second-order valence-corrected chi connectivity index (χ2v) is 4.03. The molecule has 0 aromatic heterocycles. The predicted molar refractivity (Wildman–Crippen MR) is 71.7 cm³/mol. The zero-order chi connectivity index (χ0) is 14.7. The molecule has 1 amide bonds. The molecule has 0 radical (unpaired) electrons. The standard InChI is InChI=1S/C14H12F2N2O2/c1-20-9-3-5-12(17)13(7-9)18-14(19)10-4-2-8(15)6-11(10)16/h2-7H,17H2,1H3,(H,18,19). The first-order valence-electron chi connectivity index (χ1n) is 5.71. The van der Waals surface area contributed by atoms with Crippen molar-refractivity contribution in [1.82, 2.24) is 0 Å². The Labute approximate surface area is 114 Å². The number of methoxy groups -OCH3 is 1. The van der Waals surface area contributed by atoms with E-state index in [1.807, 2.05) is 0 Å². The molecular formula is C14H12F2N2O2. The third-order valence-electron chi connectivity index (χ3n) is 2.68. The van der Waals surface area contributed by atoms with Gasteiger partial charge in [0.25, 0.3) is 5.91 Å². The molecule has 104 valence electrons. The number of ether oxygens (including phenoxy) is 1. The first kappa shape index (κ1) is 13.8. The fraction of sp³-hybridized carbons (Fsp3) is 0.0714. The Kier molecular flexibility index (Phi) is 3.84. The summed E-state index contributed by atoms with van der Waals surface area (Å²) < 4.78 is 31.3. The van der Waals surface area contributed by atoms with Crippen molar-refractivity contribution in [3.63, 3.8) is 0 Å². The number of hydrogen-bond acceptors (Lipinski definition) is 3. The smallest absolute Gasteiger partial charge is 0.258 e. The lowest BCUT2D eigenvalue weighted by Gasteiger charge is -2.10. The quantitative estimate of drug-likeness (QED) is 0.848.